The number of nitrogens with one attached hydrogen (secondary N) is 1. The molecule has 1 aromatic carbocycles. The molecule has 1 N–H and O–H groups in total. The second kappa shape index (κ2) is 4.95. The van der Waals surface area contributed by atoms with E-state index < -0.39 is 0 Å². The molecule has 0 unspecified atom stereocenters. The van der Waals surface area contributed by atoms with Crippen molar-refractivity contribution in [1.82, 2.24) is 9.97 Å². The van der Waals surface area contributed by atoms with E-state index in [9.17, 15) is 0 Å². The molecule has 17 heavy (non-hydrogen) atoms. The van der Waals surface area contributed by atoms with Crippen molar-refractivity contribution < 1.29 is 0 Å². The Morgan fingerprint density at radius 2 is 1.53 bits per heavy atom. The molecule has 0 atom stereocenters. The fourth-order valence-electron chi connectivity index (χ4n) is 1.69. The van der Waals surface area contributed by atoms with E-state index in [1.807, 2.05) is 19.9 Å². The van der Waals surface area contributed by atoms with Crippen LogP contribution in [0.3, 0.4) is 0 Å². The van der Waals surface area contributed by atoms with Gasteiger partial charge in [0.2, 0.25) is 5.95 Å². The van der Waals surface area contributed by atoms with E-state index >= 15 is 0 Å². The number of benzene rings is 1. The minimum Gasteiger partial charge on any atom is -0.350 e. The van der Waals surface area contributed by atoms with Crippen LogP contribution in [0.2, 0.25) is 0 Å². The highest BCUT2D eigenvalue weighted by Crippen LogP contribution is 2.07. The Morgan fingerprint density at radius 3 is 2.12 bits per heavy atom. The first-order chi connectivity index (χ1) is 8.13. The lowest BCUT2D eigenvalue weighted by atomic mass is 10.1. The van der Waals surface area contributed by atoms with Crippen molar-refractivity contribution in [1.29, 1.82) is 0 Å². The van der Waals surface area contributed by atoms with Crippen molar-refractivity contribution in [2.45, 2.75) is 27.3 Å². The summed E-state index contributed by atoms with van der Waals surface area (Å²) in [5, 5.41) is 3.24. The molecule has 88 valence electrons. The Balaban J connectivity index is 2.04. The molecular formula is C14H17N3. The number of anilines is 1. The van der Waals surface area contributed by atoms with Crippen LogP contribution in [0.4, 0.5) is 5.95 Å². The third kappa shape index (κ3) is 3.28. The maximum absolute atomic E-state index is 4.34. The quantitative estimate of drug-likeness (QED) is 0.875. The highest BCUT2D eigenvalue weighted by atomic mass is 15.1. The lowest BCUT2D eigenvalue weighted by Crippen LogP contribution is -2.05. The predicted octanol–water partition coefficient (Wildman–Crippen LogP) is 3.01. The van der Waals surface area contributed by atoms with Crippen LogP contribution in [0.25, 0.3) is 0 Å². The van der Waals surface area contributed by atoms with E-state index in [-0.39, 0.29) is 0 Å². The average Bonchev–Trinajstić information content (AvgIpc) is 2.27. The van der Waals surface area contributed by atoms with Crippen LogP contribution in [-0.2, 0) is 6.54 Å². The summed E-state index contributed by atoms with van der Waals surface area (Å²) in [4.78, 5) is 8.69. The number of aromatic nitrogens is 2. The van der Waals surface area contributed by atoms with Gasteiger partial charge >= 0.3 is 0 Å². The Hall–Kier alpha value is -1.90. The van der Waals surface area contributed by atoms with Gasteiger partial charge in [0.15, 0.2) is 0 Å². The van der Waals surface area contributed by atoms with Crippen molar-refractivity contribution >= 4 is 5.95 Å². The summed E-state index contributed by atoms with van der Waals surface area (Å²) in [5.74, 6) is 0.697. The SMILES string of the molecule is Cc1ccc(CNc2nc(C)cc(C)n2)cc1. The van der Waals surface area contributed by atoms with Crippen LogP contribution in [0.1, 0.15) is 22.5 Å². The third-order valence-electron chi connectivity index (χ3n) is 2.55. The summed E-state index contributed by atoms with van der Waals surface area (Å²) >= 11 is 0. The van der Waals surface area contributed by atoms with E-state index in [1.54, 1.807) is 0 Å². The molecule has 0 fully saturated rings. The molecule has 1 heterocycles. The highest BCUT2D eigenvalue weighted by molar-refractivity contribution is 5.30. The molecule has 0 aliphatic rings. The summed E-state index contributed by atoms with van der Waals surface area (Å²) in [6, 6.07) is 10.4. The Kier molecular flexibility index (Phi) is 3.38. The van der Waals surface area contributed by atoms with Gasteiger partial charge in [0, 0.05) is 17.9 Å². The molecule has 2 aromatic rings. The number of rotatable bonds is 3. The zero-order chi connectivity index (χ0) is 12.3. The number of aryl methyl sites for hydroxylation is 3. The van der Waals surface area contributed by atoms with E-state index in [0.29, 0.717) is 5.95 Å². The van der Waals surface area contributed by atoms with Crippen LogP contribution in [0.5, 0.6) is 0 Å². The van der Waals surface area contributed by atoms with Crippen molar-refractivity contribution in [3.63, 3.8) is 0 Å². The maximum Gasteiger partial charge on any atom is 0.223 e. The highest BCUT2D eigenvalue weighted by Gasteiger charge is 1.99. The first-order valence-corrected chi connectivity index (χ1v) is 5.75. The van der Waals surface area contributed by atoms with Gasteiger partial charge in [0.05, 0.1) is 0 Å². The molecule has 0 amide bonds. The zero-order valence-corrected chi connectivity index (χ0v) is 10.5. The summed E-state index contributed by atoms with van der Waals surface area (Å²) in [7, 11) is 0. The molecular weight excluding hydrogens is 210 g/mol. The molecule has 3 heteroatoms. The van der Waals surface area contributed by atoms with Crippen LogP contribution in [0, 0.1) is 20.8 Å². The lowest BCUT2D eigenvalue weighted by molar-refractivity contribution is 1.00. The molecule has 0 bridgehead atoms. The monoisotopic (exact) mass is 227 g/mol. The molecule has 0 aliphatic heterocycles. The molecule has 3 nitrogen and oxygen atoms in total. The third-order valence-corrected chi connectivity index (χ3v) is 2.55. The van der Waals surface area contributed by atoms with Crippen LogP contribution >= 0.6 is 0 Å². The fraction of sp³-hybridized carbons (Fsp3) is 0.286. The minimum absolute atomic E-state index is 0.697. The molecule has 2 rings (SSSR count). The summed E-state index contributed by atoms with van der Waals surface area (Å²) in [6.45, 7) is 6.80. The van der Waals surface area contributed by atoms with E-state index in [1.165, 1.54) is 11.1 Å². The van der Waals surface area contributed by atoms with Gasteiger partial charge in [-0.15, -0.1) is 0 Å². The Bertz CT molecular complexity index is 483. The first kappa shape index (κ1) is 11.6. The van der Waals surface area contributed by atoms with Crippen molar-refractivity contribution in [2.24, 2.45) is 0 Å². The maximum atomic E-state index is 4.34. The summed E-state index contributed by atoms with van der Waals surface area (Å²) < 4.78 is 0. The van der Waals surface area contributed by atoms with Gasteiger partial charge < -0.3 is 5.32 Å². The molecule has 0 spiro atoms. The largest absolute Gasteiger partial charge is 0.350 e. The van der Waals surface area contributed by atoms with E-state index in [2.05, 4.69) is 46.5 Å². The number of hydrogen-bond donors (Lipinski definition) is 1. The second-order valence-corrected chi connectivity index (χ2v) is 4.31. The normalized spacial score (nSPS) is 10.3. The Labute approximate surface area is 102 Å². The van der Waals surface area contributed by atoms with Gasteiger partial charge in [0.25, 0.3) is 0 Å². The summed E-state index contributed by atoms with van der Waals surface area (Å²) in [6.07, 6.45) is 0. The zero-order valence-electron chi connectivity index (χ0n) is 10.5. The van der Waals surface area contributed by atoms with Crippen LogP contribution in [0.15, 0.2) is 30.3 Å². The first-order valence-electron chi connectivity index (χ1n) is 5.75. The van der Waals surface area contributed by atoms with Crippen LogP contribution < -0.4 is 5.32 Å². The molecule has 1 aromatic heterocycles. The predicted molar refractivity (Wildman–Crippen MR) is 70.0 cm³/mol. The molecule has 0 aliphatic carbocycles. The topological polar surface area (TPSA) is 37.8 Å². The van der Waals surface area contributed by atoms with Crippen molar-refractivity contribution in [3.8, 4) is 0 Å². The van der Waals surface area contributed by atoms with Crippen molar-refractivity contribution in [2.75, 3.05) is 5.32 Å². The van der Waals surface area contributed by atoms with E-state index in [0.717, 1.165) is 17.9 Å². The van der Waals surface area contributed by atoms with E-state index in [4.69, 9.17) is 0 Å². The molecule has 0 saturated heterocycles. The fourth-order valence-corrected chi connectivity index (χ4v) is 1.69. The lowest BCUT2D eigenvalue weighted by Gasteiger charge is -2.06. The average molecular weight is 227 g/mol. The Morgan fingerprint density at radius 1 is 0.941 bits per heavy atom. The minimum atomic E-state index is 0.697. The second-order valence-electron chi connectivity index (χ2n) is 4.31. The summed E-state index contributed by atoms with van der Waals surface area (Å²) in [5.41, 5.74) is 4.49. The van der Waals surface area contributed by atoms with Gasteiger partial charge in [-0.1, -0.05) is 29.8 Å². The molecule has 0 radical (unpaired) electrons. The van der Waals surface area contributed by atoms with Gasteiger partial charge in [-0.2, -0.15) is 0 Å². The van der Waals surface area contributed by atoms with Gasteiger partial charge in [-0.05, 0) is 32.4 Å². The van der Waals surface area contributed by atoms with Crippen molar-refractivity contribution in [3.05, 3.63) is 52.8 Å². The van der Waals surface area contributed by atoms with Crippen LogP contribution in [-0.4, -0.2) is 9.97 Å². The number of nitrogens with zero attached hydrogens (tertiary/aromatic N) is 2. The number of hydrogen-bond acceptors (Lipinski definition) is 3. The van der Waals surface area contributed by atoms with Gasteiger partial charge in [-0.25, -0.2) is 9.97 Å². The standard InChI is InChI=1S/C14H17N3/c1-10-4-6-13(7-5-10)9-15-14-16-11(2)8-12(3)17-14/h4-8H,9H2,1-3H3,(H,15,16,17). The molecule has 0 saturated carbocycles. The van der Waals surface area contributed by atoms with Gasteiger partial charge in [-0.3, -0.25) is 0 Å². The smallest absolute Gasteiger partial charge is 0.223 e. The van der Waals surface area contributed by atoms with Gasteiger partial charge in [0.1, 0.15) is 0 Å².